The van der Waals surface area contributed by atoms with Crippen LogP contribution in [0.4, 0.5) is 18.9 Å². The second kappa shape index (κ2) is 12.4. The van der Waals surface area contributed by atoms with Crippen molar-refractivity contribution in [3.63, 3.8) is 0 Å². The number of aryl methyl sites for hydroxylation is 1. The number of anilines is 1. The zero-order valence-corrected chi connectivity index (χ0v) is 25.1. The molecule has 0 atom stereocenters. The molecule has 1 N–H and O–H groups in total. The Balaban J connectivity index is 1.25. The number of rotatable bonds is 7. The molecule has 5 aromatic rings. The second-order valence-corrected chi connectivity index (χ2v) is 11.2. The molecule has 0 radical (unpaired) electrons. The van der Waals surface area contributed by atoms with Crippen molar-refractivity contribution in [2.45, 2.75) is 12.7 Å². The van der Waals surface area contributed by atoms with Crippen LogP contribution in [0, 0.1) is 0 Å². The van der Waals surface area contributed by atoms with E-state index in [0.29, 0.717) is 35.5 Å². The summed E-state index contributed by atoms with van der Waals surface area (Å²) in [6.07, 6.45) is 0.204. The summed E-state index contributed by atoms with van der Waals surface area (Å²) >= 11 is 6.38. The second-order valence-electron chi connectivity index (χ2n) is 10.7. The number of ether oxygens (including phenoxy) is 1. The van der Waals surface area contributed by atoms with Crippen LogP contribution in [0.15, 0.2) is 67.1 Å². The molecular formula is C31H28ClF3N8O2. The number of halogens is 4. The first-order valence-corrected chi connectivity index (χ1v) is 14.4. The minimum atomic E-state index is -4.63. The van der Waals surface area contributed by atoms with E-state index >= 15 is 0 Å². The van der Waals surface area contributed by atoms with Gasteiger partial charge in [0.1, 0.15) is 11.1 Å². The monoisotopic (exact) mass is 636 g/mol. The lowest BCUT2D eigenvalue weighted by atomic mass is 10.0. The Morgan fingerprint density at radius 3 is 2.56 bits per heavy atom. The van der Waals surface area contributed by atoms with Crippen LogP contribution >= 0.6 is 11.6 Å². The van der Waals surface area contributed by atoms with Crippen LogP contribution < -0.4 is 10.1 Å². The number of pyridine rings is 1. The summed E-state index contributed by atoms with van der Waals surface area (Å²) in [5, 5.41) is 7.60. The molecule has 0 unspecified atom stereocenters. The SMILES string of the molecule is CN1CCN(Cc2ccc(C(=O)Nc3cc(Oc4nc(-c5cccnc5)nc5c4cnn5C)ccc3Cl)cc2C(F)(F)F)CC1. The molecule has 45 heavy (non-hydrogen) atoms. The number of likely N-dealkylation sites (N-methyl/N-ethyl adjacent to an activating group) is 1. The molecule has 1 fully saturated rings. The van der Waals surface area contributed by atoms with Crippen LogP contribution in [0.25, 0.3) is 22.4 Å². The van der Waals surface area contributed by atoms with Crippen molar-refractivity contribution < 1.29 is 22.7 Å². The molecule has 0 spiro atoms. The van der Waals surface area contributed by atoms with Crippen LogP contribution in [0.1, 0.15) is 21.5 Å². The van der Waals surface area contributed by atoms with Gasteiger partial charge in [-0.25, -0.2) is 4.98 Å². The van der Waals surface area contributed by atoms with Gasteiger partial charge in [0.05, 0.1) is 22.5 Å². The van der Waals surface area contributed by atoms with E-state index < -0.39 is 17.6 Å². The predicted octanol–water partition coefficient (Wildman–Crippen LogP) is 5.89. The maximum absolute atomic E-state index is 14.1. The summed E-state index contributed by atoms with van der Waals surface area (Å²) in [6.45, 7) is 3.03. The largest absolute Gasteiger partial charge is 0.438 e. The standard InChI is InChI=1S/C31H28ClF3N8O2/c1-41-10-12-43(13-11-41)18-21-6-5-19(14-24(21)31(33,34)35)29(44)38-26-15-22(7-8-25(26)32)45-30-23-17-37-42(2)28(23)39-27(40-30)20-4-3-9-36-16-20/h3-9,14-17H,10-13,18H2,1-2H3,(H,38,44). The maximum atomic E-state index is 14.1. The van der Waals surface area contributed by atoms with Crippen LogP contribution in [-0.2, 0) is 19.8 Å². The van der Waals surface area contributed by atoms with Crippen LogP contribution in [0.3, 0.4) is 0 Å². The van der Waals surface area contributed by atoms with Crippen LogP contribution in [-0.4, -0.2) is 73.7 Å². The molecule has 14 heteroatoms. The van der Waals surface area contributed by atoms with Crippen molar-refractivity contribution in [3.8, 4) is 23.0 Å². The summed E-state index contributed by atoms with van der Waals surface area (Å²) < 4.78 is 50.0. The van der Waals surface area contributed by atoms with Gasteiger partial charge in [0.25, 0.3) is 5.91 Å². The quantitative estimate of drug-likeness (QED) is 0.236. The van der Waals surface area contributed by atoms with E-state index in [4.69, 9.17) is 16.3 Å². The lowest BCUT2D eigenvalue weighted by molar-refractivity contribution is -0.138. The number of carbonyl (C=O) groups is 1. The Kier molecular flexibility index (Phi) is 8.40. The highest BCUT2D eigenvalue weighted by atomic mass is 35.5. The van der Waals surface area contributed by atoms with Gasteiger partial charge >= 0.3 is 6.18 Å². The third-order valence-electron chi connectivity index (χ3n) is 7.54. The molecule has 0 bridgehead atoms. The molecule has 4 heterocycles. The Bertz CT molecular complexity index is 1860. The van der Waals surface area contributed by atoms with Gasteiger partial charge in [0, 0.05) is 69.4 Å². The summed E-state index contributed by atoms with van der Waals surface area (Å²) in [5.74, 6) is 0.0981. The van der Waals surface area contributed by atoms with E-state index in [1.54, 1.807) is 42.5 Å². The smallest absolute Gasteiger partial charge is 0.416 e. The minimum absolute atomic E-state index is 0.120. The molecule has 3 aromatic heterocycles. The Labute approximate surface area is 261 Å². The fourth-order valence-corrected chi connectivity index (χ4v) is 5.20. The van der Waals surface area contributed by atoms with Gasteiger partial charge in [-0.1, -0.05) is 17.7 Å². The zero-order chi connectivity index (χ0) is 31.7. The first-order chi connectivity index (χ1) is 21.5. The van der Waals surface area contributed by atoms with Crippen molar-refractivity contribution >= 4 is 34.2 Å². The molecule has 0 aliphatic carbocycles. The zero-order valence-electron chi connectivity index (χ0n) is 24.3. The normalized spacial score (nSPS) is 14.5. The predicted molar refractivity (Wildman–Crippen MR) is 163 cm³/mol. The van der Waals surface area contributed by atoms with Gasteiger partial charge in [-0.3, -0.25) is 19.4 Å². The van der Waals surface area contributed by atoms with Crippen molar-refractivity contribution in [1.29, 1.82) is 0 Å². The average Bonchev–Trinajstić information content (AvgIpc) is 3.40. The number of carbonyl (C=O) groups excluding carboxylic acids is 1. The molecule has 10 nitrogen and oxygen atoms in total. The summed E-state index contributed by atoms with van der Waals surface area (Å²) in [5.41, 5.74) is 0.472. The number of piperazine rings is 1. The van der Waals surface area contributed by atoms with E-state index in [0.717, 1.165) is 19.2 Å². The number of hydrogen-bond donors (Lipinski definition) is 1. The number of nitrogens with one attached hydrogen (secondary N) is 1. The highest BCUT2D eigenvalue weighted by Gasteiger charge is 2.34. The third-order valence-corrected chi connectivity index (χ3v) is 7.87. The van der Waals surface area contributed by atoms with Gasteiger partial charge in [0.15, 0.2) is 11.5 Å². The molecule has 232 valence electrons. The Hall–Kier alpha value is -4.59. The molecule has 1 aliphatic rings. The highest BCUT2D eigenvalue weighted by Crippen LogP contribution is 2.35. The van der Waals surface area contributed by atoms with Crippen molar-refractivity contribution in [1.82, 2.24) is 34.5 Å². The van der Waals surface area contributed by atoms with Crippen molar-refractivity contribution in [2.75, 3.05) is 38.5 Å². The lowest BCUT2D eigenvalue weighted by Crippen LogP contribution is -2.44. The number of amides is 1. The number of fused-ring (bicyclic) bond motifs is 1. The Morgan fingerprint density at radius 2 is 1.82 bits per heavy atom. The number of benzene rings is 2. The molecule has 1 aliphatic heterocycles. The lowest BCUT2D eigenvalue weighted by Gasteiger charge is -2.33. The van der Waals surface area contributed by atoms with Gasteiger partial charge in [-0.05, 0) is 49.0 Å². The van der Waals surface area contributed by atoms with Gasteiger partial charge in [-0.2, -0.15) is 23.3 Å². The first kappa shape index (κ1) is 30.4. The summed E-state index contributed by atoms with van der Waals surface area (Å²) in [7, 11) is 3.72. The fourth-order valence-electron chi connectivity index (χ4n) is 5.03. The number of nitrogens with zero attached hydrogens (tertiary/aromatic N) is 7. The molecular weight excluding hydrogens is 609 g/mol. The van der Waals surface area contributed by atoms with Gasteiger partial charge < -0.3 is 15.0 Å². The number of aromatic nitrogens is 5. The number of alkyl halides is 3. The van der Waals surface area contributed by atoms with Crippen LogP contribution in [0.2, 0.25) is 5.02 Å². The highest BCUT2D eigenvalue weighted by molar-refractivity contribution is 6.34. The number of hydrogen-bond acceptors (Lipinski definition) is 8. The average molecular weight is 637 g/mol. The molecule has 6 rings (SSSR count). The molecule has 0 saturated carbocycles. The summed E-state index contributed by atoms with van der Waals surface area (Å²) in [4.78, 5) is 30.6. The van der Waals surface area contributed by atoms with Crippen molar-refractivity contribution in [3.05, 3.63) is 88.8 Å². The van der Waals surface area contributed by atoms with E-state index in [9.17, 15) is 18.0 Å². The molecule has 1 saturated heterocycles. The Morgan fingerprint density at radius 1 is 1.02 bits per heavy atom. The van der Waals surface area contributed by atoms with E-state index in [2.05, 4.69) is 30.3 Å². The first-order valence-electron chi connectivity index (χ1n) is 14.0. The van der Waals surface area contributed by atoms with Crippen molar-refractivity contribution in [2.24, 2.45) is 7.05 Å². The molecule has 2 aromatic carbocycles. The van der Waals surface area contributed by atoms with Crippen LogP contribution in [0.5, 0.6) is 11.6 Å². The van der Waals surface area contributed by atoms with E-state index in [1.807, 2.05) is 18.0 Å². The van der Waals surface area contributed by atoms with E-state index in [-0.39, 0.29) is 40.0 Å². The topological polar surface area (TPSA) is 101 Å². The van der Waals surface area contributed by atoms with Gasteiger partial charge in [0.2, 0.25) is 5.88 Å². The van der Waals surface area contributed by atoms with Gasteiger partial charge in [-0.15, -0.1) is 0 Å². The van der Waals surface area contributed by atoms with E-state index in [1.165, 1.54) is 24.3 Å². The fraction of sp³-hybridized carbons (Fsp3) is 0.258. The maximum Gasteiger partial charge on any atom is 0.416 e. The minimum Gasteiger partial charge on any atom is -0.438 e. The third kappa shape index (κ3) is 6.75. The molecule has 1 amide bonds. The summed E-state index contributed by atoms with van der Waals surface area (Å²) in [6, 6.07) is 11.8.